The fourth-order valence-corrected chi connectivity index (χ4v) is 5.82. The Morgan fingerprint density at radius 1 is 0.909 bits per heavy atom. The van der Waals surface area contributed by atoms with Crippen molar-refractivity contribution in [2.24, 2.45) is 5.92 Å². The van der Waals surface area contributed by atoms with Crippen LogP contribution in [0.3, 0.4) is 0 Å². The van der Waals surface area contributed by atoms with Gasteiger partial charge < -0.3 is 19.7 Å². The lowest BCUT2D eigenvalue weighted by molar-refractivity contribution is -0.140. The molecule has 1 aliphatic heterocycles. The van der Waals surface area contributed by atoms with Crippen molar-refractivity contribution in [1.82, 2.24) is 15.1 Å². The van der Waals surface area contributed by atoms with Crippen LogP contribution >= 0.6 is 0 Å². The van der Waals surface area contributed by atoms with Crippen LogP contribution in [0.4, 0.5) is 0 Å². The molecule has 8 heteroatoms. The third kappa shape index (κ3) is 8.39. The van der Waals surface area contributed by atoms with Crippen molar-refractivity contribution in [2.45, 2.75) is 65.2 Å². The van der Waals surface area contributed by atoms with Crippen LogP contribution in [0.1, 0.15) is 72.1 Å². The Morgan fingerprint density at radius 3 is 2.11 bits per heavy atom. The summed E-state index contributed by atoms with van der Waals surface area (Å²) in [5.41, 5.74) is 4.36. The van der Waals surface area contributed by atoms with E-state index in [0.29, 0.717) is 35.7 Å². The van der Waals surface area contributed by atoms with Gasteiger partial charge in [0.25, 0.3) is 5.91 Å². The molecule has 0 aliphatic carbocycles. The molecule has 2 amide bonds. The number of nitrogens with one attached hydrogen (secondary N) is 1. The first-order valence-corrected chi connectivity index (χ1v) is 15.5. The zero-order valence-corrected chi connectivity index (χ0v) is 26.3. The van der Waals surface area contributed by atoms with Crippen LogP contribution in [0.25, 0.3) is 0 Å². The number of carbonyl (C=O) groups is 2. The minimum absolute atomic E-state index is 0.00769. The molecular weight excluding hydrogens is 552 g/mol. The number of piperidine rings is 1. The van der Waals surface area contributed by atoms with Gasteiger partial charge in [0.2, 0.25) is 5.91 Å². The maximum Gasteiger partial charge on any atom is 0.251 e. The summed E-state index contributed by atoms with van der Waals surface area (Å²) in [7, 11) is 3.18. The van der Waals surface area contributed by atoms with Gasteiger partial charge in [-0.2, -0.15) is 5.26 Å². The number of hydrogen-bond acceptors (Lipinski definition) is 6. The molecule has 3 aromatic rings. The van der Waals surface area contributed by atoms with Gasteiger partial charge in [0.05, 0.1) is 25.9 Å². The minimum Gasteiger partial charge on any atom is -0.493 e. The van der Waals surface area contributed by atoms with E-state index in [4.69, 9.17) is 14.7 Å². The smallest absolute Gasteiger partial charge is 0.251 e. The quantitative estimate of drug-likeness (QED) is 0.263. The van der Waals surface area contributed by atoms with Gasteiger partial charge >= 0.3 is 0 Å². The maximum atomic E-state index is 13.7. The number of hydrogen-bond donors (Lipinski definition) is 1. The average Bonchev–Trinajstić information content (AvgIpc) is 3.07. The fourth-order valence-electron chi connectivity index (χ4n) is 5.82. The summed E-state index contributed by atoms with van der Waals surface area (Å²) in [4.78, 5) is 31.1. The molecule has 1 heterocycles. The Kier molecular flexibility index (Phi) is 11.8. The molecule has 0 spiro atoms. The van der Waals surface area contributed by atoms with Crippen LogP contribution < -0.4 is 14.8 Å². The zero-order chi connectivity index (χ0) is 31.5. The Morgan fingerprint density at radius 2 is 1.52 bits per heavy atom. The van der Waals surface area contributed by atoms with Crippen molar-refractivity contribution < 1.29 is 19.1 Å². The number of amides is 2. The van der Waals surface area contributed by atoms with Gasteiger partial charge in [-0.05, 0) is 78.8 Å². The van der Waals surface area contributed by atoms with Crippen molar-refractivity contribution in [2.75, 3.05) is 27.3 Å². The Labute approximate surface area is 261 Å². The number of likely N-dealkylation sites (tertiary alicyclic amines) is 1. The highest BCUT2D eigenvalue weighted by atomic mass is 16.5. The fraction of sp³-hybridized carbons (Fsp3) is 0.417. The third-order valence-corrected chi connectivity index (χ3v) is 8.58. The summed E-state index contributed by atoms with van der Waals surface area (Å²) in [6, 6.07) is 23.3. The van der Waals surface area contributed by atoms with Crippen LogP contribution in [0.5, 0.6) is 11.5 Å². The number of rotatable bonds is 13. The Balaban J connectivity index is 1.38. The second-order valence-corrected chi connectivity index (χ2v) is 11.4. The first kappa shape index (κ1) is 32.6. The van der Waals surface area contributed by atoms with E-state index >= 15 is 0 Å². The van der Waals surface area contributed by atoms with Crippen LogP contribution in [0.15, 0.2) is 66.7 Å². The maximum absolute atomic E-state index is 13.7. The molecule has 1 N–H and O–H groups in total. The van der Waals surface area contributed by atoms with E-state index in [2.05, 4.69) is 35.0 Å². The standard InChI is InChI=1S/C36H44N4O4/c1-5-30(6-2)36(42)40(32-17-19-39(20-18-32)24-27-9-7-26(22-37)8-10-27)25-28-11-14-31(15-12-28)35(41)38-23-29-13-16-33(43-3)34(21-29)44-4/h7-16,21,30,32H,5-6,17-20,23-25H2,1-4H3,(H,38,41). The van der Waals surface area contributed by atoms with Gasteiger partial charge in [0, 0.05) is 50.2 Å². The molecule has 0 unspecified atom stereocenters. The van der Waals surface area contributed by atoms with Crippen molar-refractivity contribution in [3.05, 3.63) is 94.5 Å². The minimum atomic E-state index is -0.161. The molecule has 0 saturated carbocycles. The SMILES string of the molecule is CCC(CC)C(=O)N(Cc1ccc(C(=O)NCc2ccc(OC)c(OC)c2)cc1)C1CCN(Cc2ccc(C#N)cc2)CC1. The van der Waals surface area contributed by atoms with Gasteiger partial charge in [-0.3, -0.25) is 14.5 Å². The van der Waals surface area contributed by atoms with Crippen molar-refractivity contribution >= 4 is 11.8 Å². The van der Waals surface area contributed by atoms with E-state index in [9.17, 15) is 9.59 Å². The second-order valence-electron chi connectivity index (χ2n) is 11.4. The van der Waals surface area contributed by atoms with Crippen molar-refractivity contribution in [1.29, 1.82) is 5.26 Å². The molecule has 1 saturated heterocycles. The lowest BCUT2D eigenvalue weighted by atomic mass is 9.96. The predicted octanol–water partition coefficient (Wildman–Crippen LogP) is 5.93. The molecule has 1 aliphatic rings. The number of ether oxygens (including phenoxy) is 2. The lowest BCUT2D eigenvalue weighted by Gasteiger charge is -2.40. The predicted molar refractivity (Wildman–Crippen MR) is 171 cm³/mol. The van der Waals surface area contributed by atoms with Gasteiger partial charge in [0.15, 0.2) is 11.5 Å². The number of carbonyl (C=O) groups excluding carboxylic acids is 2. The normalized spacial score (nSPS) is 13.7. The monoisotopic (exact) mass is 596 g/mol. The summed E-state index contributed by atoms with van der Waals surface area (Å²) >= 11 is 0. The number of benzene rings is 3. The second kappa shape index (κ2) is 15.9. The van der Waals surface area contributed by atoms with Crippen LogP contribution in [-0.2, 0) is 24.4 Å². The van der Waals surface area contributed by atoms with E-state index < -0.39 is 0 Å². The molecular formula is C36H44N4O4. The number of methoxy groups -OCH3 is 2. The Bertz CT molecular complexity index is 1420. The Hall–Kier alpha value is -4.35. The van der Waals surface area contributed by atoms with Crippen molar-refractivity contribution in [3.63, 3.8) is 0 Å². The van der Waals surface area contributed by atoms with E-state index in [1.54, 1.807) is 14.2 Å². The molecule has 232 valence electrons. The molecule has 0 bridgehead atoms. The highest BCUT2D eigenvalue weighted by Gasteiger charge is 2.31. The molecule has 1 fully saturated rings. The zero-order valence-electron chi connectivity index (χ0n) is 26.3. The highest BCUT2D eigenvalue weighted by Crippen LogP contribution is 2.28. The van der Waals surface area contributed by atoms with E-state index in [0.717, 1.165) is 56.4 Å². The first-order valence-electron chi connectivity index (χ1n) is 15.5. The molecule has 3 aromatic carbocycles. The van der Waals surface area contributed by atoms with E-state index in [-0.39, 0.29) is 23.8 Å². The lowest BCUT2D eigenvalue weighted by Crippen LogP contribution is -2.48. The summed E-state index contributed by atoms with van der Waals surface area (Å²) in [6.07, 6.45) is 3.47. The molecule has 44 heavy (non-hydrogen) atoms. The summed E-state index contributed by atoms with van der Waals surface area (Å²) in [5, 5.41) is 12.0. The van der Waals surface area contributed by atoms with Crippen LogP contribution in [0, 0.1) is 17.2 Å². The highest BCUT2D eigenvalue weighted by molar-refractivity contribution is 5.94. The largest absolute Gasteiger partial charge is 0.493 e. The van der Waals surface area contributed by atoms with E-state index in [1.807, 2.05) is 66.7 Å². The number of nitrogens with zero attached hydrogens (tertiary/aromatic N) is 3. The molecule has 4 rings (SSSR count). The first-order chi connectivity index (χ1) is 21.4. The molecule has 0 aromatic heterocycles. The average molecular weight is 597 g/mol. The topological polar surface area (TPSA) is 94.9 Å². The molecule has 8 nitrogen and oxygen atoms in total. The van der Waals surface area contributed by atoms with Crippen LogP contribution in [-0.4, -0.2) is 55.0 Å². The van der Waals surface area contributed by atoms with Gasteiger partial charge in [-0.15, -0.1) is 0 Å². The summed E-state index contributed by atoms with van der Waals surface area (Å²) in [6.45, 7) is 7.73. The number of nitriles is 1. The van der Waals surface area contributed by atoms with Crippen LogP contribution in [0.2, 0.25) is 0 Å². The summed E-state index contributed by atoms with van der Waals surface area (Å²) < 4.78 is 10.7. The van der Waals surface area contributed by atoms with Gasteiger partial charge in [-0.25, -0.2) is 0 Å². The molecule has 0 atom stereocenters. The van der Waals surface area contributed by atoms with Crippen molar-refractivity contribution in [3.8, 4) is 17.6 Å². The van der Waals surface area contributed by atoms with Gasteiger partial charge in [0.1, 0.15) is 0 Å². The molecule has 0 radical (unpaired) electrons. The third-order valence-electron chi connectivity index (χ3n) is 8.58. The van der Waals surface area contributed by atoms with E-state index in [1.165, 1.54) is 5.56 Å². The summed E-state index contributed by atoms with van der Waals surface area (Å²) in [5.74, 6) is 1.33. The van der Waals surface area contributed by atoms with Gasteiger partial charge in [-0.1, -0.05) is 44.2 Å².